The molecule has 0 bridgehead atoms. The zero-order valence-electron chi connectivity index (χ0n) is 10.3. The lowest BCUT2D eigenvalue weighted by Gasteiger charge is -2.15. The van der Waals surface area contributed by atoms with Gasteiger partial charge in [-0.15, -0.1) is 11.6 Å². The monoisotopic (exact) mass is 317 g/mol. The highest BCUT2D eigenvalue weighted by Crippen LogP contribution is 2.15. The molecule has 4 heteroatoms. The molecular formula is C13H17BrClNO. The van der Waals surface area contributed by atoms with E-state index in [1.54, 1.807) is 0 Å². The normalized spacial score (nSPS) is 14.2. The molecule has 1 amide bonds. The van der Waals surface area contributed by atoms with Gasteiger partial charge in [-0.1, -0.05) is 15.9 Å². The fraction of sp³-hybridized carbons (Fsp3) is 0.462. The average molecular weight is 319 g/mol. The molecule has 17 heavy (non-hydrogen) atoms. The third-order valence-corrected chi connectivity index (χ3v) is 3.00. The second-order valence-corrected chi connectivity index (χ2v) is 6.07. The van der Waals surface area contributed by atoms with Crippen LogP contribution in [0, 0.1) is 6.92 Å². The third-order valence-electron chi connectivity index (χ3n) is 2.36. The van der Waals surface area contributed by atoms with Gasteiger partial charge in [0.15, 0.2) is 0 Å². The van der Waals surface area contributed by atoms with Crippen LogP contribution in [0.15, 0.2) is 22.7 Å². The Balaban J connectivity index is 2.69. The number of benzene rings is 1. The van der Waals surface area contributed by atoms with E-state index in [0.717, 1.165) is 16.5 Å². The molecule has 0 aliphatic heterocycles. The van der Waals surface area contributed by atoms with Gasteiger partial charge in [0.05, 0.1) is 0 Å². The summed E-state index contributed by atoms with van der Waals surface area (Å²) < 4.78 is 0.918. The van der Waals surface area contributed by atoms with Gasteiger partial charge in [0.1, 0.15) is 0 Å². The van der Waals surface area contributed by atoms with Gasteiger partial charge in [-0.25, -0.2) is 0 Å². The van der Waals surface area contributed by atoms with E-state index >= 15 is 0 Å². The summed E-state index contributed by atoms with van der Waals surface area (Å²) in [5.74, 6) is -0.0563. The van der Waals surface area contributed by atoms with Crippen LogP contribution in [0.3, 0.4) is 0 Å². The van der Waals surface area contributed by atoms with Crippen molar-refractivity contribution < 1.29 is 4.79 Å². The largest absolute Gasteiger partial charge is 0.350 e. The predicted molar refractivity (Wildman–Crippen MR) is 75.7 cm³/mol. The molecule has 1 aromatic carbocycles. The van der Waals surface area contributed by atoms with Crippen LogP contribution >= 0.6 is 27.5 Å². The van der Waals surface area contributed by atoms with Gasteiger partial charge in [-0.3, -0.25) is 4.79 Å². The Bertz CT molecular complexity index is 386. The lowest BCUT2D eigenvalue weighted by Crippen LogP contribution is -2.33. The van der Waals surface area contributed by atoms with Gasteiger partial charge in [-0.2, -0.15) is 0 Å². The van der Waals surface area contributed by atoms with Crippen LogP contribution in [0.5, 0.6) is 0 Å². The number of amides is 1. The minimum absolute atomic E-state index is 0.0563. The van der Waals surface area contributed by atoms with Crippen LogP contribution in [0.4, 0.5) is 0 Å². The van der Waals surface area contributed by atoms with Gasteiger partial charge >= 0.3 is 0 Å². The van der Waals surface area contributed by atoms with Gasteiger partial charge in [0.2, 0.25) is 0 Å². The van der Waals surface area contributed by atoms with Crippen molar-refractivity contribution in [3.05, 3.63) is 33.8 Å². The molecule has 0 aromatic heterocycles. The van der Waals surface area contributed by atoms with Crippen molar-refractivity contribution in [2.45, 2.75) is 38.6 Å². The van der Waals surface area contributed by atoms with E-state index in [1.165, 1.54) is 0 Å². The highest BCUT2D eigenvalue weighted by molar-refractivity contribution is 9.10. The zero-order valence-corrected chi connectivity index (χ0v) is 12.6. The van der Waals surface area contributed by atoms with Crippen LogP contribution in [0.2, 0.25) is 0 Å². The molecule has 0 fully saturated rings. The summed E-state index contributed by atoms with van der Waals surface area (Å²) in [5.41, 5.74) is 1.73. The first-order chi connectivity index (χ1) is 7.88. The Labute approximate surface area is 116 Å². The fourth-order valence-electron chi connectivity index (χ4n) is 1.72. The average Bonchev–Trinajstić information content (AvgIpc) is 2.14. The minimum atomic E-state index is -0.0563. The lowest BCUT2D eigenvalue weighted by molar-refractivity contribution is 0.0938. The van der Waals surface area contributed by atoms with Crippen molar-refractivity contribution >= 4 is 33.4 Å². The van der Waals surface area contributed by atoms with E-state index in [2.05, 4.69) is 21.2 Å². The highest BCUT2D eigenvalue weighted by Gasteiger charge is 2.12. The highest BCUT2D eigenvalue weighted by atomic mass is 79.9. The summed E-state index contributed by atoms with van der Waals surface area (Å²) in [4.78, 5) is 12.0. The molecule has 1 aromatic rings. The first kappa shape index (κ1) is 14.5. The van der Waals surface area contributed by atoms with E-state index in [1.807, 2.05) is 39.0 Å². The molecular weight excluding hydrogens is 302 g/mol. The summed E-state index contributed by atoms with van der Waals surface area (Å²) in [6.07, 6.45) is 0.764. The molecule has 0 aliphatic carbocycles. The standard InChI is InChI=1S/C13H17BrClNO/c1-8-4-11(7-12(14)5-8)13(17)16-10(3)6-9(2)15/h4-5,7,9-10H,6H2,1-3H3,(H,16,17). The number of rotatable bonds is 4. The van der Waals surface area contributed by atoms with Crippen LogP contribution in [0.1, 0.15) is 36.2 Å². The molecule has 2 atom stereocenters. The summed E-state index contributed by atoms with van der Waals surface area (Å²) in [6.45, 7) is 5.85. The molecule has 2 unspecified atom stereocenters. The van der Waals surface area contributed by atoms with Crippen molar-refractivity contribution in [1.29, 1.82) is 0 Å². The molecule has 94 valence electrons. The maximum absolute atomic E-state index is 12.0. The minimum Gasteiger partial charge on any atom is -0.350 e. The topological polar surface area (TPSA) is 29.1 Å². The van der Waals surface area contributed by atoms with E-state index in [0.29, 0.717) is 5.56 Å². The molecule has 0 heterocycles. The quantitative estimate of drug-likeness (QED) is 0.838. The van der Waals surface area contributed by atoms with E-state index < -0.39 is 0 Å². The molecule has 0 spiro atoms. The number of carbonyl (C=O) groups excluding carboxylic acids is 1. The molecule has 0 saturated carbocycles. The lowest BCUT2D eigenvalue weighted by atomic mass is 10.1. The molecule has 1 rings (SSSR count). The third kappa shape index (κ3) is 5.09. The van der Waals surface area contributed by atoms with Crippen LogP contribution in [0.25, 0.3) is 0 Å². The van der Waals surface area contributed by atoms with Crippen molar-refractivity contribution in [1.82, 2.24) is 5.32 Å². The maximum Gasteiger partial charge on any atom is 0.251 e. The summed E-state index contributed by atoms with van der Waals surface area (Å²) in [6, 6.07) is 5.74. The van der Waals surface area contributed by atoms with Crippen molar-refractivity contribution in [3.63, 3.8) is 0 Å². The number of hydrogen-bond donors (Lipinski definition) is 1. The Morgan fingerprint density at radius 1 is 1.41 bits per heavy atom. The maximum atomic E-state index is 12.0. The summed E-state index contributed by atoms with van der Waals surface area (Å²) >= 11 is 9.28. The molecule has 0 radical (unpaired) electrons. The van der Waals surface area contributed by atoms with Crippen LogP contribution in [-0.4, -0.2) is 17.3 Å². The number of alkyl halides is 1. The van der Waals surface area contributed by atoms with Crippen molar-refractivity contribution in [2.75, 3.05) is 0 Å². The SMILES string of the molecule is Cc1cc(Br)cc(C(=O)NC(C)CC(C)Cl)c1. The second-order valence-electron chi connectivity index (χ2n) is 4.41. The van der Waals surface area contributed by atoms with E-state index in [-0.39, 0.29) is 17.3 Å². The first-order valence-corrected chi connectivity index (χ1v) is 6.83. The molecule has 1 N–H and O–H groups in total. The number of hydrogen-bond acceptors (Lipinski definition) is 1. The Hall–Kier alpha value is -0.540. The van der Waals surface area contributed by atoms with Crippen molar-refractivity contribution in [3.8, 4) is 0 Å². The first-order valence-electron chi connectivity index (χ1n) is 5.60. The fourth-order valence-corrected chi connectivity index (χ4v) is 2.60. The smallest absolute Gasteiger partial charge is 0.251 e. The molecule has 2 nitrogen and oxygen atoms in total. The molecule has 0 aliphatic rings. The predicted octanol–water partition coefficient (Wildman–Crippen LogP) is 3.89. The summed E-state index contributed by atoms with van der Waals surface area (Å²) in [5, 5.41) is 3.00. The Kier molecular flexibility index (Phi) is 5.47. The van der Waals surface area contributed by atoms with Crippen molar-refractivity contribution in [2.24, 2.45) is 0 Å². The van der Waals surface area contributed by atoms with E-state index in [9.17, 15) is 4.79 Å². The number of halogens is 2. The second kappa shape index (κ2) is 6.41. The number of aryl methyl sites for hydroxylation is 1. The van der Waals surface area contributed by atoms with Crippen LogP contribution in [-0.2, 0) is 0 Å². The van der Waals surface area contributed by atoms with Gasteiger partial charge in [-0.05, 0) is 51.0 Å². The Morgan fingerprint density at radius 3 is 2.59 bits per heavy atom. The molecule has 0 saturated heterocycles. The Morgan fingerprint density at radius 2 is 2.06 bits per heavy atom. The van der Waals surface area contributed by atoms with Gasteiger partial charge in [0, 0.05) is 21.5 Å². The zero-order chi connectivity index (χ0) is 13.0. The van der Waals surface area contributed by atoms with Gasteiger partial charge < -0.3 is 5.32 Å². The summed E-state index contributed by atoms with van der Waals surface area (Å²) in [7, 11) is 0. The van der Waals surface area contributed by atoms with Gasteiger partial charge in [0.25, 0.3) is 5.91 Å². The van der Waals surface area contributed by atoms with Crippen LogP contribution < -0.4 is 5.32 Å². The number of nitrogens with one attached hydrogen (secondary N) is 1. The number of carbonyl (C=O) groups is 1. The van der Waals surface area contributed by atoms with E-state index in [4.69, 9.17) is 11.6 Å².